The first kappa shape index (κ1) is 61.1. The van der Waals surface area contributed by atoms with Gasteiger partial charge in [-0.2, -0.15) is 0 Å². The van der Waals surface area contributed by atoms with Crippen molar-refractivity contribution >= 4 is 11.9 Å². The summed E-state index contributed by atoms with van der Waals surface area (Å²) in [5.74, 6) is -0.575. The molecule has 0 saturated heterocycles. The van der Waals surface area contributed by atoms with E-state index in [9.17, 15) is 14.7 Å². The molecule has 5 nitrogen and oxygen atoms in total. The second-order valence-electron chi connectivity index (χ2n) is 19.0. The molecular weight excluding hydrogens is 777 g/mol. The summed E-state index contributed by atoms with van der Waals surface area (Å²) in [7, 11) is 0. The van der Waals surface area contributed by atoms with Gasteiger partial charge in [0.05, 0.1) is 6.61 Å². The summed E-state index contributed by atoms with van der Waals surface area (Å²) < 4.78 is 10.7. The monoisotopic (exact) mass is 885 g/mol. The van der Waals surface area contributed by atoms with E-state index in [-0.39, 0.29) is 25.2 Å². The van der Waals surface area contributed by atoms with Crippen LogP contribution in [0.25, 0.3) is 0 Å². The van der Waals surface area contributed by atoms with Crippen molar-refractivity contribution in [3.05, 3.63) is 36.5 Å². The lowest BCUT2D eigenvalue weighted by molar-refractivity contribution is -0.161. The smallest absolute Gasteiger partial charge is 0.306 e. The summed E-state index contributed by atoms with van der Waals surface area (Å²) in [5, 5.41) is 9.61. The van der Waals surface area contributed by atoms with Crippen molar-refractivity contribution in [1.29, 1.82) is 0 Å². The number of hydrogen-bond acceptors (Lipinski definition) is 5. The number of esters is 2. The Bertz CT molecular complexity index is 1000. The molecular formula is C58H108O5. The normalized spacial score (nSPS) is 12.4. The average molecular weight is 885 g/mol. The Balaban J connectivity index is 3.38. The predicted octanol–water partition coefficient (Wildman–Crippen LogP) is 18.7. The van der Waals surface area contributed by atoms with E-state index in [4.69, 9.17) is 9.47 Å². The fourth-order valence-electron chi connectivity index (χ4n) is 8.45. The SMILES string of the molecule is CCCCCCC/C=C\C/C=C\C/C=C\CCCCCCCCCCCCCCCCCCCCCCCCC(=O)OC(CO)COC(=O)CCCCCCCCCCCCCC. The van der Waals surface area contributed by atoms with E-state index in [2.05, 4.69) is 50.3 Å². The van der Waals surface area contributed by atoms with Crippen molar-refractivity contribution in [2.24, 2.45) is 0 Å². The zero-order chi connectivity index (χ0) is 45.6. The van der Waals surface area contributed by atoms with Crippen LogP contribution in [-0.4, -0.2) is 36.4 Å². The first-order valence-electron chi connectivity index (χ1n) is 28.0. The molecule has 63 heavy (non-hydrogen) atoms. The molecule has 0 spiro atoms. The molecule has 0 heterocycles. The first-order valence-corrected chi connectivity index (χ1v) is 28.0. The minimum absolute atomic E-state index is 0.0594. The first-order chi connectivity index (χ1) is 31.1. The molecule has 5 heteroatoms. The van der Waals surface area contributed by atoms with Crippen LogP contribution >= 0.6 is 0 Å². The fourth-order valence-corrected chi connectivity index (χ4v) is 8.45. The van der Waals surface area contributed by atoms with E-state index >= 15 is 0 Å². The predicted molar refractivity (Wildman–Crippen MR) is 274 cm³/mol. The average Bonchev–Trinajstić information content (AvgIpc) is 3.29. The molecule has 0 fully saturated rings. The number of carbonyl (C=O) groups excluding carboxylic acids is 2. The molecule has 0 aromatic heterocycles. The highest BCUT2D eigenvalue weighted by Crippen LogP contribution is 2.17. The zero-order valence-electron chi connectivity index (χ0n) is 42.4. The molecule has 1 unspecified atom stereocenters. The molecule has 0 radical (unpaired) electrons. The number of unbranched alkanes of at least 4 members (excludes halogenated alkanes) is 38. The summed E-state index contributed by atoms with van der Waals surface area (Å²) in [5.41, 5.74) is 0. The molecule has 1 N–H and O–H groups in total. The highest BCUT2D eigenvalue weighted by atomic mass is 16.6. The van der Waals surface area contributed by atoms with Crippen molar-refractivity contribution in [1.82, 2.24) is 0 Å². The number of hydrogen-bond donors (Lipinski definition) is 1. The molecule has 370 valence electrons. The van der Waals surface area contributed by atoms with E-state index in [0.29, 0.717) is 12.8 Å². The summed E-state index contributed by atoms with van der Waals surface area (Å²) in [6, 6.07) is 0. The van der Waals surface area contributed by atoms with Crippen LogP contribution in [0.15, 0.2) is 36.5 Å². The van der Waals surface area contributed by atoms with Crippen molar-refractivity contribution in [3.8, 4) is 0 Å². The van der Waals surface area contributed by atoms with Crippen molar-refractivity contribution in [3.63, 3.8) is 0 Å². The number of carbonyl (C=O) groups is 2. The summed E-state index contributed by atoms with van der Waals surface area (Å²) >= 11 is 0. The van der Waals surface area contributed by atoms with Gasteiger partial charge in [0.15, 0.2) is 6.10 Å². The van der Waals surface area contributed by atoms with Gasteiger partial charge in [0.1, 0.15) is 6.61 Å². The third-order valence-electron chi connectivity index (χ3n) is 12.7. The van der Waals surface area contributed by atoms with E-state index in [0.717, 1.165) is 51.4 Å². The van der Waals surface area contributed by atoms with Crippen LogP contribution in [0.5, 0.6) is 0 Å². The Morgan fingerprint density at radius 3 is 0.952 bits per heavy atom. The van der Waals surface area contributed by atoms with E-state index in [1.54, 1.807) is 0 Å². The standard InChI is InChI=1S/C58H108O5/c1-3-5-7-9-11-13-15-17-18-19-20-21-22-23-24-25-26-27-28-29-30-31-32-33-34-35-36-37-38-39-40-41-43-45-47-49-51-53-58(61)63-56(54-59)55-62-57(60)52-50-48-46-44-42-16-14-12-10-8-6-4-2/h15,17,19-20,22-23,56,59H,3-14,16,18,21,24-55H2,1-2H3/b17-15-,20-19-,23-22-. The Morgan fingerprint density at radius 2 is 0.635 bits per heavy atom. The molecule has 0 aliphatic rings. The summed E-state index contributed by atoms with van der Waals surface area (Å²) in [4.78, 5) is 24.4. The van der Waals surface area contributed by atoms with Gasteiger partial charge in [-0.05, 0) is 51.4 Å². The second kappa shape index (κ2) is 54.5. The van der Waals surface area contributed by atoms with Crippen LogP contribution in [0.1, 0.15) is 303 Å². The van der Waals surface area contributed by atoms with Gasteiger partial charge in [-0.15, -0.1) is 0 Å². The number of ether oxygens (including phenoxy) is 2. The van der Waals surface area contributed by atoms with Gasteiger partial charge in [0.25, 0.3) is 0 Å². The molecule has 0 rings (SSSR count). The highest BCUT2D eigenvalue weighted by molar-refractivity contribution is 5.70. The van der Waals surface area contributed by atoms with Crippen LogP contribution in [0.3, 0.4) is 0 Å². The van der Waals surface area contributed by atoms with Crippen molar-refractivity contribution < 1.29 is 24.2 Å². The van der Waals surface area contributed by atoms with Crippen LogP contribution in [0.2, 0.25) is 0 Å². The van der Waals surface area contributed by atoms with Crippen LogP contribution in [0, 0.1) is 0 Å². The third kappa shape index (κ3) is 52.6. The van der Waals surface area contributed by atoms with Crippen molar-refractivity contribution in [2.75, 3.05) is 13.2 Å². The van der Waals surface area contributed by atoms with Gasteiger partial charge >= 0.3 is 11.9 Å². The second-order valence-corrected chi connectivity index (χ2v) is 19.0. The van der Waals surface area contributed by atoms with E-state index in [1.165, 1.54) is 225 Å². The molecule has 1 atom stereocenters. The maximum absolute atomic E-state index is 12.3. The molecule has 0 aromatic rings. The van der Waals surface area contributed by atoms with Gasteiger partial charge < -0.3 is 14.6 Å². The quantitative estimate of drug-likeness (QED) is 0.0374. The summed E-state index contributed by atoms with van der Waals surface area (Å²) in [6.45, 7) is 4.15. The maximum Gasteiger partial charge on any atom is 0.306 e. The molecule has 0 saturated carbocycles. The van der Waals surface area contributed by atoms with Crippen LogP contribution in [0.4, 0.5) is 0 Å². The topological polar surface area (TPSA) is 72.8 Å². The Labute approximate surface area is 393 Å². The molecule has 0 aliphatic carbocycles. The maximum atomic E-state index is 12.3. The molecule has 0 amide bonds. The van der Waals surface area contributed by atoms with Crippen LogP contribution < -0.4 is 0 Å². The van der Waals surface area contributed by atoms with Gasteiger partial charge in [0, 0.05) is 12.8 Å². The number of aliphatic hydroxyl groups excluding tert-OH is 1. The van der Waals surface area contributed by atoms with E-state index < -0.39 is 6.10 Å². The highest BCUT2D eigenvalue weighted by Gasteiger charge is 2.16. The Hall–Kier alpha value is -1.88. The number of allylic oxidation sites excluding steroid dienone is 6. The van der Waals surface area contributed by atoms with Crippen LogP contribution in [-0.2, 0) is 19.1 Å². The molecule has 0 bridgehead atoms. The number of aliphatic hydroxyl groups is 1. The lowest BCUT2D eigenvalue weighted by atomic mass is 10.0. The minimum atomic E-state index is -0.766. The number of rotatable bonds is 52. The lowest BCUT2D eigenvalue weighted by Gasteiger charge is -2.15. The fraction of sp³-hybridized carbons (Fsp3) is 0.862. The molecule has 0 aliphatic heterocycles. The minimum Gasteiger partial charge on any atom is -0.462 e. The Morgan fingerprint density at radius 1 is 0.365 bits per heavy atom. The van der Waals surface area contributed by atoms with Gasteiger partial charge in [-0.3, -0.25) is 9.59 Å². The Kier molecular flexibility index (Phi) is 52.8. The lowest BCUT2D eigenvalue weighted by Crippen LogP contribution is -2.28. The third-order valence-corrected chi connectivity index (χ3v) is 12.7. The zero-order valence-corrected chi connectivity index (χ0v) is 42.4. The molecule has 0 aromatic carbocycles. The summed E-state index contributed by atoms with van der Waals surface area (Å²) in [6.07, 6.45) is 69.9. The van der Waals surface area contributed by atoms with Gasteiger partial charge in [0.2, 0.25) is 0 Å². The van der Waals surface area contributed by atoms with Gasteiger partial charge in [-0.25, -0.2) is 0 Å². The van der Waals surface area contributed by atoms with Crippen molar-refractivity contribution in [2.45, 2.75) is 309 Å². The largest absolute Gasteiger partial charge is 0.462 e. The van der Waals surface area contributed by atoms with Gasteiger partial charge in [-0.1, -0.05) is 275 Å². The van der Waals surface area contributed by atoms with E-state index in [1.807, 2.05) is 0 Å².